The maximum Gasteiger partial charge on any atom is 0.417 e. The summed E-state index contributed by atoms with van der Waals surface area (Å²) in [7, 11) is 0. The van der Waals surface area contributed by atoms with Gasteiger partial charge >= 0.3 is 6.18 Å². The third-order valence-corrected chi connectivity index (χ3v) is 4.39. The molecule has 0 bridgehead atoms. The van der Waals surface area contributed by atoms with Gasteiger partial charge in [0.2, 0.25) is 0 Å². The summed E-state index contributed by atoms with van der Waals surface area (Å²) < 4.78 is 38.9. The standard InChI is InChI=1S/C21H13ClF3N3O/c22-18-9-8-15(10-17(18)21(23,24)25)28-20(29)14(11-26)12-27-19-7-3-5-13-4-1-2-6-16(13)19/h1-10,12,27H,(H,28,29)/b14-12-. The van der Waals surface area contributed by atoms with Crippen molar-refractivity contribution in [2.45, 2.75) is 6.18 Å². The fourth-order valence-electron chi connectivity index (χ4n) is 2.67. The first-order valence-electron chi connectivity index (χ1n) is 8.32. The summed E-state index contributed by atoms with van der Waals surface area (Å²) in [6.07, 6.45) is -3.46. The van der Waals surface area contributed by atoms with Gasteiger partial charge in [-0.2, -0.15) is 18.4 Å². The van der Waals surface area contributed by atoms with Crippen LogP contribution in [0.25, 0.3) is 10.8 Å². The number of halogens is 4. The molecule has 0 heterocycles. The fourth-order valence-corrected chi connectivity index (χ4v) is 2.89. The van der Waals surface area contributed by atoms with Crippen molar-refractivity contribution in [1.82, 2.24) is 0 Å². The van der Waals surface area contributed by atoms with Crippen molar-refractivity contribution < 1.29 is 18.0 Å². The van der Waals surface area contributed by atoms with Crippen molar-refractivity contribution in [3.05, 3.63) is 83.0 Å². The second kappa shape index (κ2) is 8.25. The number of hydrogen-bond donors (Lipinski definition) is 2. The van der Waals surface area contributed by atoms with Gasteiger partial charge in [0.05, 0.1) is 10.6 Å². The first-order chi connectivity index (χ1) is 13.8. The molecule has 0 atom stereocenters. The van der Waals surface area contributed by atoms with E-state index in [2.05, 4.69) is 10.6 Å². The lowest BCUT2D eigenvalue weighted by Gasteiger charge is -2.12. The SMILES string of the molecule is N#C/C(=C/Nc1cccc2ccccc12)C(=O)Nc1ccc(Cl)c(C(F)(F)F)c1. The van der Waals surface area contributed by atoms with E-state index in [1.165, 1.54) is 12.3 Å². The number of carbonyl (C=O) groups is 1. The van der Waals surface area contributed by atoms with E-state index in [4.69, 9.17) is 11.6 Å². The van der Waals surface area contributed by atoms with Crippen LogP contribution < -0.4 is 10.6 Å². The molecular weight excluding hydrogens is 403 g/mol. The van der Waals surface area contributed by atoms with Crippen LogP contribution in [-0.4, -0.2) is 5.91 Å². The van der Waals surface area contributed by atoms with Crippen molar-refractivity contribution in [1.29, 1.82) is 5.26 Å². The van der Waals surface area contributed by atoms with Crippen LogP contribution in [0.4, 0.5) is 24.5 Å². The van der Waals surface area contributed by atoms with Crippen LogP contribution in [-0.2, 0) is 11.0 Å². The van der Waals surface area contributed by atoms with Crippen molar-refractivity contribution in [3.63, 3.8) is 0 Å². The highest BCUT2D eigenvalue weighted by Crippen LogP contribution is 2.36. The average molecular weight is 416 g/mol. The van der Waals surface area contributed by atoms with Gasteiger partial charge in [-0.15, -0.1) is 0 Å². The van der Waals surface area contributed by atoms with Crippen molar-refractivity contribution in [2.24, 2.45) is 0 Å². The quantitative estimate of drug-likeness (QED) is 0.407. The zero-order valence-electron chi connectivity index (χ0n) is 14.7. The number of carbonyl (C=O) groups excluding carboxylic acids is 1. The smallest absolute Gasteiger partial charge is 0.360 e. The predicted octanol–water partition coefficient (Wildman–Crippen LogP) is 5.97. The van der Waals surface area contributed by atoms with Crippen LogP contribution in [0.15, 0.2) is 72.4 Å². The highest BCUT2D eigenvalue weighted by atomic mass is 35.5. The Morgan fingerprint density at radius 2 is 1.79 bits per heavy atom. The molecule has 3 aromatic rings. The highest BCUT2D eigenvalue weighted by Gasteiger charge is 2.33. The molecule has 0 spiro atoms. The normalized spacial score (nSPS) is 11.8. The summed E-state index contributed by atoms with van der Waals surface area (Å²) >= 11 is 5.57. The molecule has 0 aliphatic carbocycles. The Bertz CT molecular complexity index is 1140. The maximum atomic E-state index is 13.0. The zero-order chi connectivity index (χ0) is 21.0. The van der Waals surface area contributed by atoms with Crippen molar-refractivity contribution >= 4 is 39.7 Å². The van der Waals surface area contributed by atoms with Crippen LogP contribution in [0.5, 0.6) is 0 Å². The van der Waals surface area contributed by atoms with Gasteiger partial charge < -0.3 is 10.6 Å². The van der Waals surface area contributed by atoms with Crippen LogP contribution in [0.1, 0.15) is 5.56 Å². The second-order valence-corrected chi connectivity index (χ2v) is 6.39. The van der Waals surface area contributed by atoms with Crippen LogP contribution in [0.3, 0.4) is 0 Å². The van der Waals surface area contributed by atoms with E-state index in [-0.39, 0.29) is 11.3 Å². The van der Waals surface area contributed by atoms with Gasteiger partial charge in [-0.25, -0.2) is 0 Å². The average Bonchev–Trinajstić information content (AvgIpc) is 2.69. The molecule has 146 valence electrons. The molecule has 3 rings (SSSR count). The summed E-state index contributed by atoms with van der Waals surface area (Å²) in [5.74, 6) is -0.851. The Kier molecular flexibility index (Phi) is 5.76. The molecule has 0 aliphatic rings. The van der Waals surface area contributed by atoms with E-state index < -0.39 is 22.7 Å². The molecular formula is C21H13ClF3N3O. The number of amides is 1. The van der Waals surface area contributed by atoms with Crippen LogP contribution >= 0.6 is 11.6 Å². The molecule has 0 aromatic heterocycles. The Labute approximate surface area is 169 Å². The summed E-state index contributed by atoms with van der Waals surface area (Å²) in [6, 6.07) is 17.8. The summed E-state index contributed by atoms with van der Waals surface area (Å²) in [5, 5.41) is 15.8. The van der Waals surface area contributed by atoms with E-state index in [0.29, 0.717) is 11.8 Å². The van der Waals surface area contributed by atoms with E-state index >= 15 is 0 Å². The van der Waals surface area contributed by atoms with Gasteiger partial charge in [0.1, 0.15) is 11.6 Å². The first kappa shape index (κ1) is 20.2. The van der Waals surface area contributed by atoms with E-state index in [1.54, 1.807) is 12.1 Å². The zero-order valence-corrected chi connectivity index (χ0v) is 15.5. The van der Waals surface area contributed by atoms with Gasteiger partial charge in [0, 0.05) is 23.0 Å². The lowest BCUT2D eigenvalue weighted by molar-refractivity contribution is -0.137. The molecule has 4 nitrogen and oxygen atoms in total. The number of nitrogens with zero attached hydrogens (tertiary/aromatic N) is 1. The molecule has 0 saturated carbocycles. The lowest BCUT2D eigenvalue weighted by atomic mass is 10.1. The number of alkyl halides is 3. The minimum Gasteiger partial charge on any atom is -0.360 e. The number of rotatable bonds is 4. The van der Waals surface area contributed by atoms with Gasteiger partial charge in [0.15, 0.2) is 0 Å². The van der Waals surface area contributed by atoms with Crippen molar-refractivity contribution in [3.8, 4) is 6.07 Å². The number of fused-ring (bicyclic) bond motifs is 1. The number of nitrogens with one attached hydrogen (secondary N) is 2. The molecule has 3 aromatic carbocycles. The molecule has 29 heavy (non-hydrogen) atoms. The van der Waals surface area contributed by atoms with E-state index in [0.717, 1.165) is 16.8 Å². The lowest BCUT2D eigenvalue weighted by Crippen LogP contribution is -2.15. The maximum absolute atomic E-state index is 13.0. The minimum absolute atomic E-state index is 0.127. The molecule has 0 unspecified atom stereocenters. The van der Waals surface area contributed by atoms with Crippen LogP contribution in [0, 0.1) is 11.3 Å². The van der Waals surface area contributed by atoms with E-state index in [1.807, 2.05) is 36.4 Å². The Morgan fingerprint density at radius 3 is 2.52 bits per heavy atom. The second-order valence-electron chi connectivity index (χ2n) is 5.99. The molecule has 0 fully saturated rings. The fraction of sp³-hybridized carbons (Fsp3) is 0.0476. The van der Waals surface area contributed by atoms with Gasteiger partial charge in [-0.1, -0.05) is 48.0 Å². The Balaban J connectivity index is 1.82. The molecule has 0 aliphatic heterocycles. The number of benzene rings is 3. The summed E-state index contributed by atoms with van der Waals surface area (Å²) in [5.41, 5.74) is -0.831. The number of nitriles is 1. The Morgan fingerprint density at radius 1 is 1.07 bits per heavy atom. The minimum atomic E-state index is -4.67. The highest BCUT2D eigenvalue weighted by molar-refractivity contribution is 6.31. The van der Waals surface area contributed by atoms with Gasteiger partial charge in [-0.05, 0) is 29.7 Å². The molecule has 0 saturated heterocycles. The molecule has 8 heteroatoms. The third kappa shape index (κ3) is 4.68. The van der Waals surface area contributed by atoms with E-state index in [9.17, 15) is 23.2 Å². The largest absolute Gasteiger partial charge is 0.417 e. The summed E-state index contributed by atoms with van der Waals surface area (Å²) in [6.45, 7) is 0. The van der Waals surface area contributed by atoms with Gasteiger partial charge in [-0.3, -0.25) is 4.79 Å². The van der Waals surface area contributed by atoms with Crippen molar-refractivity contribution in [2.75, 3.05) is 10.6 Å². The monoisotopic (exact) mass is 415 g/mol. The molecule has 1 amide bonds. The molecule has 0 radical (unpaired) electrons. The van der Waals surface area contributed by atoms with Gasteiger partial charge in [0.25, 0.3) is 5.91 Å². The molecule has 2 N–H and O–H groups in total. The Hall–Kier alpha value is -3.50. The summed E-state index contributed by atoms with van der Waals surface area (Å²) in [4.78, 5) is 12.3. The topological polar surface area (TPSA) is 64.9 Å². The predicted molar refractivity (Wildman–Crippen MR) is 106 cm³/mol. The third-order valence-electron chi connectivity index (χ3n) is 4.06. The van der Waals surface area contributed by atoms with Crippen LogP contribution in [0.2, 0.25) is 5.02 Å². The first-order valence-corrected chi connectivity index (χ1v) is 8.70. The number of anilines is 2. The number of hydrogen-bond acceptors (Lipinski definition) is 3.